The fourth-order valence-corrected chi connectivity index (χ4v) is 4.33. The van der Waals surface area contributed by atoms with Gasteiger partial charge in [0, 0.05) is 6.04 Å². The average molecular weight is 376 g/mol. The van der Waals surface area contributed by atoms with Crippen LogP contribution < -0.4 is 10.1 Å². The van der Waals surface area contributed by atoms with E-state index in [0.717, 1.165) is 25.1 Å². The van der Waals surface area contributed by atoms with Gasteiger partial charge in [0.1, 0.15) is 5.75 Å². The lowest BCUT2D eigenvalue weighted by atomic mass is 9.71. The average Bonchev–Trinajstić information content (AvgIpc) is 2.60. The Morgan fingerprint density at radius 1 is 1.26 bits per heavy atom. The summed E-state index contributed by atoms with van der Waals surface area (Å²) in [5, 5.41) is 3.76. The van der Waals surface area contributed by atoms with Crippen LogP contribution in [0.5, 0.6) is 5.75 Å². The van der Waals surface area contributed by atoms with Gasteiger partial charge in [-0.05, 0) is 74.8 Å². The zero-order chi connectivity index (χ0) is 19.3. The van der Waals surface area contributed by atoms with Gasteiger partial charge < -0.3 is 19.5 Å². The van der Waals surface area contributed by atoms with Gasteiger partial charge in [-0.15, -0.1) is 0 Å². The second-order valence-corrected chi connectivity index (χ2v) is 8.41. The number of ether oxygens (including phenoxy) is 3. The molecule has 0 amide bonds. The van der Waals surface area contributed by atoms with Crippen LogP contribution in [0, 0.1) is 0 Å². The van der Waals surface area contributed by atoms with Crippen molar-refractivity contribution in [2.24, 2.45) is 0 Å². The molecule has 3 aliphatic rings. The van der Waals surface area contributed by atoms with Crippen molar-refractivity contribution in [3.63, 3.8) is 0 Å². The van der Waals surface area contributed by atoms with Crippen LogP contribution in [0.2, 0.25) is 0 Å². The van der Waals surface area contributed by atoms with E-state index in [1.807, 2.05) is 6.07 Å². The molecule has 1 aliphatic carbocycles. The van der Waals surface area contributed by atoms with Crippen LogP contribution in [0.3, 0.4) is 0 Å². The highest BCUT2D eigenvalue weighted by molar-refractivity contribution is 5.59. The number of nitrogens with one attached hydrogen (secondary N) is 1. The standard InChI is InChI=1S/C22H33NO4/c1-16(2)27-21(24)26-15-25-19-9-8-17-13-18-7-5-4-6-10-22(3,11-12-23-18)20(17)14-19/h8-9,14,16,18,23H,4-7,10-13,15H2,1-3H3. The molecule has 2 aliphatic heterocycles. The summed E-state index contributed by atoms with van der Waals surface area (Å²) >= 11 is 0. The van der Waals surface area contributed by atoms with Crippen molar-refractivity contribution in [3.8, 4) is 5.75 Å². The molecule has 1 fully saturated rings. The van der Waals surface area contributed by atoms with Gasteiger partial charge in [0.05, 0.1) is 6.10 Å². The maximum absolute atomic E-state index is 11.5. The molecule has 1 saturated heterocycles. The largest absolute Gasteiger partial charge is 0.511 e. The highest BCUT2D eigenvalue weighted by Crippen LogP contribution is 2.39. The van der Waals surface area contributed by atoms with Crippen molar-refractivity contribution in [2.75, 3.05) is 13.3 Å². The predicted octanol–water partition coefficient (Wildman–Crippen LogP) is 4.71. The van der Waals surface area contributed by atoms with E-state index in [-0.39, 0.29) is 18.3 Å². The summed E-state index contributed by atoms with van der Waals surface area (Å²) in [6.45, 7) is 6.89. The monoisotopic (exact) mass is 375 g/mol. The Morgan fingerprint density at radius 2 is 2.11 bits per heavy atom. The van der Waals surface area contributed by atoms with Gasteiger partial charge in [0.2, 0.25) is 6.79 Å². The maximum atomic E-state index is 11.5. The topological polar surface area (TPSA) is 56.8 Å². The SMILES string of the molecule is CC(C)OC(=O)OCOc1ccc2c(c1)C1(C)CCCCCC(C2)NCC1. The molecule has 0 aromatic heterocycles. The van der Waals surface area contributed by atoms with E-state index in [2.05, 4.69) is 24.4 Å². The number of hydrogen-bond donors (Lipinski definition) is 1. The number of benzene rings is 1. The predicted molar refractivity (Wildman–Crippen MR) is 105 cm³/mol. The third-order valence-corrected chi connectivity index (χ3v) is 5.82. The normalized spacial score (nSPS) is 25.4. The molecule has 4 rings (SSSR count). The summed E-state index contributed by atoms with van der Waals surface area (Å²) in [5.74, 6) is 0.750. The molecule has 1 aromatic carbocycles. The zero-order valence-corrected chi connectivity index (χ0v) is 16.9. The molecule has 2 atom stereocenters. The minimum Gasteiger partial charge on any atom is -0.457 e. The molecule has 0 radical (unpaired) electrons. The molecule has 0 saturated carbocycles. The lowest BCUT2D eigenvalue weighted by Gasteiger charge is -2.38. The number of carbonyl (C=O) groups is 1. The molecule has 1 N–H and O–H groups in total. The zero-order valence-electron chi connectivity index (χ0n) is 16.9. The highest BCUT2D eigenvalue weighted by atomic mass is 16.8. The Kier molecular flexibility index (Phi) is 6.64. The van der Waals surface area contributed by atoms with Crippen molar-refractivity contribution >= 4 is 6.16 Å². The summed E-state index contributed by atoms with van der Waals surface area (Å²) in [6, 6.07) is 6.90. The first-order valence-corrected chi connectivity index (χ1v) is 10.3. The van der Waals surface area contributed by atoms with Gasteiger partial charge in [-0.3, -0.25) is 0 Å². The molecule has 5 nitrogen and oxygen atoms in total. The van der Waals surface area contributed by atoms with Gasteiger partial charge in [-0.25, -0.2) is 4.79 Å². The van der Waals surface area contributed by atoms with Gasteiger partial charge in [0.25, 0.3) is 0 Å². The van der Waals surface area contributed by atoms with Crippen LogP contribution in [-0.2, 0) is 21.3 Å². The molecule has 150 valence electrons. The van der Waals surface area contributed by atoms with E-state index >= 15 is 0 Å². The van der Waals surface area contributed by atoms with E-state index in [1.54, 1.807) is 13.8 Å². The van der Waals surface area contributed by atoms with E-state index in [4.69, 9.17) is 14.2 Å². The van der Waals surface area contributed by atoms with Crippen LogP contribution in [0.15, 0.2) is 18.2 Å². The van der Waals surface area contributed by atoms with Crippen molar-refractivity contribution in [2.45, 2.75) is 83.3 Å². The van der Waals surface area contributed by atoms with Crippen LogP contribution in [-0.4, -0.2) is 31.6 Å². The van der Waals surface area contributed by atoms with Gasteiger partial charge in [0.15, 0.2) is 0 Å². The molecule has 2 heterocycles. The molecule has 27 heavy (non-hydrogen) atoms. The number of carbonyl (C=O) groups excluding carboxylic acids is 1. The van der Waals surface area contributed by atoms with Crippen molar-refractivity contribution in [1.29, 1.82) is 0 Å². The second-order valence-electron chi connectivity index (χ2n) is 8.41. The van der Waals surface area contributed by atoms with Crippen molar-refractivity contribution in [1.82, 2.24) is 5.32 Å². The van der Waals surface area contributed by atoms with Crippen molar-refractivity contribution < 1.29 is 19.0 Å². The summed E-state index contributed by atoms with van der Waals surface area (Å²) in [6.07, 6.45) is 7.66. The van der Waals surface area contributed by atoms with Gasteiger partial charge >= 0.3 is 6.16 Å². The highest BCUT2D eigenvalue weighted by Gasteiger charge is 2.32. The van der Waals surface area contributed by atoms with E-state index in [1.165, 1.54) is 43.2 Å². The van der Waals surface area contributed by atoms with Gasteiger partial charge in [-0.2, -0.15) is 0 Å². The first kappa shape index (κ1) is 20.0. The Balaban J connectivity index is 1.75. The van der Waals surface area contributed by atoms with Gasteiger partial charge in [-0.1, -0.05) is 32.3 Å². The van der Waals surface area contributed by atoms with Crippen LogP contribution >= 0.6 is 0 Å². The fraction of sp³-hybridized carbons (Fsp3) is 0.682. The van der Waals surface area contributed by atoms with Crippen LogP contribution in [0.4, 0.5) is 4.79 Å². The Morgan fingerprint density at radius 3 is 2.93 bits per heavy atom. The first-order chi connectivity index (χ1) is 13.0. The minimum atomic E-state index is -0.697. The lowest BCUT2D eigenvalue weighted by Crippen LogP contribution is -2.40. The molecule has 2 unspecified atom stereocenters. The molecular formula is C22H33NO4. The minimum absolute atomic E-state index is 0.134. The Hall–Kier alpha value is -1.75. The summed E-state index contributed by atoms with van der Waals surface area (Å²) in [5.41, 5.74) is 2.98. The molecule has 5 heteroatoms. The summed E-state index contributed by atoms with van der Waals surface area (Å²) in [7, 11) is 0. The summed E-state index contributed by atoms with van der Waals surface area (Å²) in [4.78, 5) is 11.5. The molecule has 1 aromatic rings. The number of rotatable bonds is 4. The lowest BCUT2D eigenvalue weighted by molar-refractivity contribution is -0.00822. The Bertz CT molecular complexity index is 645. The smallest absolute Gasteiger partial charge is 0.457 e. The third kappa shape index (κ3) is 5.38. The van der Waals surface area contributed by atoms with Crippen molar-refractivity contribution in [3.05, 3.63) is 29.3 Å². The number of fused-ring (bicyclic) bond motifs is 6. The Labute approximate surface area is 162 Å². The van der Waals surface area contributed by atoms with E-state index in [9.17, 15) is 4.79 Å². The quantitative estimate of drug-likeness (QED) is 0.610. The van der Waals surface area contributed by atoms with Crippen LogP contribution in [0.1, 0.15) is 70.4 Å². The van der Waals surface area contributed by atoms with Crippen LogP contribution in [0.25, 0.3) is 0 Å². The van der Waals surface area contributed by atoms with E-state index in [0.29, 0.717) is 6.04 Å². The molecular weight excluding hydrogens is 342 g/mol. The van der Waals surface area contributed by atoms with E-state index < -0.39 is 6.16 Å². The number of hydrogen-bond acceptors (Lipinski definition) is 5. The molecule has 0 spiro atoms. The summed E-state index contributed by atoms with van der Waals surface area (Å²) < 4.78 is 15.6. The molecule has 2 bridgehead atoms. The third-order valence-electron chi connectivity index (χ3n) is 5.82. The first-order valence-electron chi connectivity index (χ1n) is 10.3. The maximum Gasteiger partial charge on any atom is 0.511 e. The second kappa shape index (κ2) is 8.96. The fourth-order valence-electron chi connectivity index (χ4n) is 4.33.